The topological polar surface area (TPSA) is 113 Å². The molecule has 0 radical (unpaired) electrons. The van der Waals surface area contributed by atoms with E-state index in [2.05, 4.69) is 15.6 Å². The normalized spacial score (nSPS) is 10.4. The lowest BCUT2D eigenvalue weighted by Gasteiger charge is -2.04. The summed E-state index contributed by atoms with van der Waals surface area (Å²) in [4.78, 5) is 38.1. The van der Waals surface area contributed by atoms with Crippen molar-refractivity contribution in [1.82, 2.24) is 20.0 Å². The van der Waals surface area contributed by atoms with E-state index >= 15 is 0 Å². The first kappa shape index (κ1) is 14.0. The van der Waals surface area contributed by atoms with Crippen LogP contribution in [0.5, 0.6) is 0 Å². The summed E-state index contributed by atoms with van der Waals surface area (Å²) in [6, 6.07) is 0. The zero-order chi connectivity index (χ0) is 14.5. The molecule has 2 aromatic rings. The van der Waals surface area contributed by atoms with Crippen molar-refractivity contribution in [3.63, 3.8) is 0 Å². The van der Waals surface area contributed by atoms with Gasteiger partial charge in [-0.3, -0.25) is 18.8 Å². The van der Waals surface area contributed by atoms with Crippen molar-refractivity contribution in [1.29, 1.82) is 0 Å². The molecule has 0 aliphatic rings. The van der Waals surface area contributed by atoms with Gasteiger partial charge >= 0.3 is 5.97 Å². The molecule has 2 amide bonds. The first-order valence-electron chi connectivity index (χ1n) is 5.75. The standard InChI is InChI=1S/C11H12N4O4S/c16-8(12-2-1-9(17)18)5-13-10(19)7-6-15-3-4-20-11(15)14-7/h3-4,6H,1-2,5H2,(H,12,16)(H,13,19)(H,17,18). The smallest absolute Gasteiger partial charge is 0.305 e. The van der Waals surface area contributed by atoms with Crippen molar-refractivity contribution in [2.75, 3.05) is 13.1 Å². The molecule has 0 saturated heterocycles. The second-order valence-electron chi connectivity index (χ2n) is 3.90. The molecule has 0 saturated carbocycles. The number of thiazole rings is 1. The van der Waals surface area contributed by atoms with Crippen LogP contribution >= 0.6 is 11.3 Å². The molecular formula is C11H12N4O4S. The molecule has 2 aromatic heterocycles. The largest absolute Gasteiger partial charge is 0.481 e. The highest BCUT2D eigenvalue weighted by Crippen LogP contribution is 2.10. The van der Waals surface area contributed by atoms with Crippen molar-refractivity contribution in [2.24, 2.45) is 0 Å². The fourth-order valence-corrected chi connectivity index (χ4v) is 2.16. The molecule has 0 fully saturated rings. The van der Waals surface area contributed by atoms with E-state index in [1.807, 2.05) is 5.38 Å². The summed E-state index contributed by atoms with van der Waals surface area (Å²) in [5, 5.41) is 15.1. The summed E-state index contributed by atoms with van der Waals surface area (Å²) >= 11 is 1.40. The van der Waals surface area contributed by atoms with Gasteiger partial charge in [0.25, 0.3) is 5.91 Å². The summed E-state index contributed by atoms with van der Waals surface area (Å²) in [5.74, 6) is -1.89. The van der Waals surface area contributed by atoms with E-state index in [4.69, 9.17) is 5.11 Å². The minimum atomic E-state index is -0.993. The second-order valence-corrected chi connectivity index (χ2v) is 4.77. The maximum Gasteiger partial charge on any atom is 0.305 e. The molecule has 3 N–H and O–H groups in total. The van der Waals surface area contributed by atoms with E-state index in [0.29, 0.717) is 4.96 Å². The average molecular weight is 296 g/mol. The monoisotopic (exact) mass is 296 g/mol. The first-order chi connectivity index (χ1) is 9.56. The van der Waals surface area contributed by atoms with Gasteiger partial charge in [0, 0.05) is 24.3 Å². The predicted octanol–water partition coefficient (Wildman–Crippen LogP) is -0.283. The van der Waals surface area contributed by atoms with Gasteiger partial charge in [-0.25, -0.2) is 4.98 Å². The van der Waals surface area contributed by atoms with Crippen LogP contribution < -0.4 is 10.6 Å². The van der Waals surface area contributed by atoms with Crippen molar-refractivity contribution < 1.29 is 19.5 Å². The highest BCUT2D eigenvalue weighted by molar-refractivity contribution is 7.15. The highest BCUT2D eigenvalue weighted by Gasteiger charge is 2.12. The number of fused-ring (bicyclic) bond motifs is 1. The molecule has 0 spiro atoms. The lowest BCUT2D eigenvalue weighted by molar-refractivity contribution is -0.136. The van der Waals surface area contributed by atoms with E-state index in [9.17, 15) is 14.4 Å². The molecule has 0 atom stereocenters. The van der Waals surface area contributed by atoms with E-state index in [1.54, 1.807) is 16.8 Å². The Labute approximate surface area is 117 Å². The molecule has 9 heteroatoms. The van der Waals surface area contributed by atoms with E-state index in [-0.39, 0.29) is 25.2 Å². The fourth-order valence-electron chi connectivity index (χ4n) is 1.46. The molecule has 2 rings (SSSR count). The van der Waals surface area contributed by atoms with Gasteiger partial charge in [-0.2, -0.15) is 0 Å². The Kier molecular flexibility index (Phi) is 4.31. The summed E-state index contributed by atoms with van der Waals surface area (Å²) in [6.45, 7) is -0.187. The van der Waals surface area contributed by atoms with Crippen LogP contribution in [-0.2, 0) is 9.59 Å². The van der Waals surface area contributed by atoms with Crippen LogP contribution in [0.1, 0.15) is 16.9 Å². The molecule has 2 heterocycles. The van der Waals surface area contributed by atoms with Gasteiger partial charge in [0.15, 0.2) is 4.96 Å². The molecule has 0 bridgehead atoms. The summed E-state index contributed by atoms with van der Waals surface area (Å²) in [7, 11) is 0. The number of hydrogen-bond donors (Lipinski definition) is 3. The van der Waals surface area contributed by atoms with Crippen LogP contribution in [0, 0.1) is 0 Å². The van der Waals surface area contributed by atoms with Crippen molar-refractivity contribution in [3.05, 3.63) is 23.5 Å². The Morgan fingerprint density at radius 2 is 2.15 bits per heavy atom. The quantitative estimate of drug-likeness (QED) is 0.678. The number of carboxylic acids is 1. The molecule has 20 heavy (non-hydrogen) atoms. The number of carbonyl (C=O) groups is 3. The molecule has 106 valence electrons. The molecule has 0 aromatic carbocycles. The Bertz CT molecular complexity index is 619. The lowest BCUT2D eigenvalue weighted by Crippen LogP contribution is -2.37. The molecular weight excluding hydrogens is 284 g/mol. The number of nitrogens with zero attached hydrogens (tertiary/aromatic N) is 2. The van der Waals surface area contributed by atoms with Crippen molar-refractivity contribution in [3.8, 4) is 0 Å². The number of aliphatic carboxylic acids is 1. The summed E-state index contributed by atoms with van der Waals surface area (Å²) < 4.78 is 1.71. The third-order valence-electron chi connectivity index (χ3n) is 2.40. The van der Waals surface area contributed by atoms with Gasteiger partial charge in [0.1, 0.15) is 5.69 Å². The SMILES string of the molecule is O=C(O)CCNC(=O)CNC(=O)c1cn2ccsc2n1. The molecule has 0 unspecified atom stereocenters. The van der Waals surface area contributed by atoms with Gasteiger partial charge in [-0.05, 0) is 0 Å². The Morgan fingerprint density at radius 3 is 2.85 bits per heavy atom. The van der Waals surface area contributed by atoms with Crippen molar-refractivity contribution in [2.45, 2.75) is 6.42 Å². The Hall–Kier alpha value is -2.42. The molecule has 8 nitrogen and oxygen atoms in total. The van der Waals surface area contributed by atoms with E-state index in [0.717, 1.165) is 0 Å². The third-order valence-corrected chi connectivity index (χ3v) is 3.17. The number of carbonyl (C=O) groups excluding carboxylic acids is 2. The van der Waals surface area contributed by atoms with Crippen LogP contribution in [0.2, 0.25) is 0 Å². The summed E-state index contributed by atoms with van der Waals surface area (Å²) in [6.07, 6.45) is 3.20. The van der Waals surface area contributed by atoms with Gasteiger partial charge in [0.05, 0.1) is 13.0 Å². The van der Waals surface area contributed by atoms with Crippen LogP contribution in [0.25, 0.3) is 4.96 Å². The number of rotatable bonds is 6. The zero-order valence-corrected chi connectivity index (χ0v) is 11.1. The average Bonchev–Trinajstić information content (AvgIpc) is 2.96. The number of hydrogen-bond acceptors (Lipinski definition) is 5. The summed E-state index contributed by atoms with van der Waals surface area (Å²) in [5.41, 5.74) is 0.232. The minimum Gasteiger partial charge on any atom is -0.481 e. The first-order valence-corrected chi connectivity index (χ1v) is 6.63. The minimum absolute atomic E-state index is 0.0320. The second kappa shape index (κ2) is 6.15. The maximum atomic E-state index is 11.7. The number of aromatic nitrogens is 2. The Morgan fingerprint density at radius 1 is 1.35 bits per heavy atom. The van der Waals surface area contributed by atoms with Crippen LogP contribution in [0.4, 0.5) is 0 Å². The predicted molar refractivity (Wildman–Crippen MR) is 70.7 cm³/mol. The third kappa shape index (κ3) is 3.54. The highest BCUT2D eigenvalue weighted by atomic mass is 32.1. The fraction of sp³-hybridized carbons (Fsp3) is 0.273. The Balaban J connectivity index is 1.78. The number of nitrogens with one attached hydrogen (secondary N) is 2. The zero-order valence-electron chi connectivity index (χ0n) is 10.3. The van der Waals surface area contributed by atoms with Crippen LogP contribution in [0.15, 0.2) is 17.8 Å². The van der Waals surface area contributed by atoms with Crippen LogP contribution in [-0.4, -0.2) is 45.4 Å². The molecule has 0 aliphatic carbocycles. The van der Waals surface area contributed by atoms with Gasteiger partial charge < -0.3 is 15.7 Å². The van der Waals surface area contributed by atoms with Crippen molar-refractivity contribution >= 4 is 34.1 Å². The van der Waals surface area contributed by atoms with E-state index < -0.39 is 17.8 Å². The lowest BCUT2D eigenvalue weighted by atomic mass is 10.4. The van der Waals surface area contributed by atoms with Gasteiger partial charge in [-0.1, -0.05) is 0 Å². The number of carboxylic acid groups (broad SMARTS) is 1. The van der Waals surface area contributed by atoms with E-state index in [1.165, 1.54) is 11.3 Å². The van der Waals surface area contributed by atoms with Crippen LogP contribution in [0.3, 0.4) is 0 Å². The molecule has 0 aliphatic heterocycles. The van der Waals surface area contributed by atoms with Gasteiger partial charge in [0.2, 0.25) is 5.91 Å². The van der Waals surface area contributed by atoms with Gasteiger partial charge in [-0.15, -0.1) is 11.3 Å². The maximum absolute atomic E-state index is 11.7. The number of amides is 2. The number of imidazole rings is 1.